The van der Waals surface area contributed by atoms with Gasteiger partial charge in [-0.15, -0.1) is 0 Å². The number of hydrogen-bond acceptors (Lipinski definition) is 6. The van der Waals surface area contributed by atoms with Crippen LogP contribution in [-0.4, -0.2) is 41.9 Å². The van der Waals surface area contributed by atoms with Crippen molar-refractivity contribution in [1.29, 1.82) is 0 Å². The quantitative estimate of drug-likeness (QED) is 0.531. The third-order valence-corrected chi connectivity index (χ3v) is 7.42. The van der Waals surface area contributed by atoms with E-state index in [0.29, 0.717) is 43.2 Å². The fraction of sp³-hybridized carbons (Fsp3) is 0.348. The first-order valence-electron chi connectivity index (χ1n) is 10.9. The predicted molar refractivity (Wildman–Crippen MR) is 120 cm³/mol. The second kappa shape index (κ2) is 10.2. The van der Waals surface area contributed by atoms with Gasteiger partial charge in [0.2, 0.25) is 27.6 Å². The van der Waals surface area contributed by atoms with Crippen molar-refractivity contribution in [2.45, 2.75) is 43.4 Å². The Morgan fingerprint density at radius 2 is 1.79 bits per heavy atom. The number of nitrogens with zero attached hydrogens (tertiary/aromatic N) is 3. The molecular weight excluding hydrogens is 447 g/mol. The SMILES string of the molecule is O=C(CCCc1nc(-c2ccc(F)cc2)no1)Nc1ccccc1S(=O)(=O)N1CCCCC1. The summed E-state index contributed by atoms with van der Waals surface area (Å²) in [6.07, 6.45) is 3.69. The fourth-order valence-electron chi connectivity index (χ4n) is 3.72. The van der Waals surface area contributed by atoms with E-state index in [1.165, 1.54) is 22.5 Å². The van der Waals surface area contributed by atoms with E-state index in [-0.39, 0.29) is 28.7 Å². The van der Waals surface area contributed by atoms with E-state index in [2.05, 4.69) is 15.5 Å². The molecular formula is C23H25FN4O4S. The molecule has 0 atom stereocenters. The molecule has 0 saturated carbocycles. The van der Waals surface area contributed by atoms with Gasteiger partial charge in [-0.25, -0.2) is 12.8 Å². The lowest BCUT2D eigenvalue weighted by Gasteiger charge is -2.26. The summed E-state index contributed by atoms with van der Waals surface area (Å²) in [5, 5.41) is 6.62. The summed E-state index contributed by atoms with van der Waals surface area (Å²) < 4.78 is 45.8. The average molecular weight is 473 g/mol. The summed E-state index contributed by atoms with van der Waals surface area (Å²) in [6, 6.07) is 12.2. The fourth-order valence-corrected chi connectivity index (χ4v) is 5.39. The minimum Gasteiger partial charge on any atom is -0.339 e. The van der Waals surface area contributed by atoms with Crippen LogP contribution in [0.3, 0.4) is 0 Å². The van der Waals surface area contributed by atoms with Crippen molar-refractivity contribution >= 4 is 21.6 Å². The molecule has 4 rings (SSSR count). The molecule has 1 saturated heterocycles. The number of hydrogen-bond donors (Lipinski definition) is 1. The van der Waals surface area contributed by atoms with Crippen molar-refractivity contribution < 1.29 is 22.1 Å². The molecule has 1 fully saturated rings. The highest BCUT2D eigenvalue weighted by Crippen LogP contribution is 2.27. The van der Waals surface area contributed by atoms with Gasteiger partial charge in [-0.05, 0) is 55.7 Å². The highest BCUT2D eigenvalue weighted by Gasteiger charge is 2.28. The van der Waals surface area contributed by atoms with E-state index in [1.54, 1.807) is 30.3 Å². The van der Waals surface area contributed by atoms with Crippen LogP contribution in [0.1, 0.15) is 38.0 Å². The Kier molecular flexibility index (Phi) is 7.14. The van der Waals surface area contributed by atoms with Gasteiger partial charge >= 0.3 is 0 Å². The Bertz CT molecular complexity index is 1210. The van der Waals surface area contributed by atoms with Crippen LogP contribution >= 0.6 is 0 Å². The molecule has 0 radical (unpaired) electrons. The molecule has 33 heavy (non-hydrogen) atoms. The highest BCUT2D eigenvalue weighted by molar-refractivity contribution is 7.89. The summed E-state index contributed by atoms with van der Waals surface area (Å²) in [5.41, 5.74) is 0.917. The predicted octanol–water partition coefficient (Wildman–Crippen LogP) is 4.01. The van der Waals surface area contributed by atoms with Crippen LogP contribution in [0.2, 0.25) is 0 Å². The number of carbonyl (C=O) groups is 1. The van der Waals surface area contributed by atoms with E-state index in [0.717, 1.165) is 19.3 Å². The second-order valence-corrected chi connectivity index (χ2v) is 9.79. The van der Waals surface area contributed by atoms with E-state index >= 15 is 0 Å². The Hall–Kier alpha value is -3.11. The molecule has 0 aliphatic carbocycles. The average Bonchev–Trinajstić information content (AvgIpc) is 3.29. The molecule has 0 bridgehead atoms. The molecule has 1 aliphatic heterocycles. The van der Waals surface area contributed by atoms with E-state index in [4.69, 9.17) is 4.52 Å². The zero-order valence-corrected chi connectivity index (χ0v) is 18.9. The maximum atomic E-state index is 13.1. The lowest BCUT2D eigenvalue weighted by Crippen LogP contribution is -2.36. The summed E-state index contributed by atoms with van der Waals surface area (Å²) in [5.74, 6) is 0.0786. The van der Waals surface area contributed by atoms with Crippen molar-refractivity contribution in [3.63, 3.8) is 0 Å². The molecule has 0 unspecified atom stereocenters. The molecule has 0 spiro atoms. The largest absolute Gasteiger partial charge is 0.339 e. The summed E-state index contributed by atoms with van der Waals surface area (Å²) in [6.45, 7) is 0.989. The number of aryl methyl sites for hydroxylation is 1. The molecule has 1 amide bonds. The number of halogens is 1. The zero-order chi connectivity index (χ0) is 23.3. The Balaban J connectivity index is 1.34. The second-order valence-electron chi connectivity index (χ2n) is 7.88. The lowest BCUT2D eigenvalue weighted by atomic mass is 10.2. The van der Waals surface area contributed by atoms with Crippen LogP contribution in [0.4, 0.5) is 10.1 Å². The minimum atomic E-state index is -3.67. The van der Waals surface area contributed by atoms with Gasteiger partial charge in [0.05, 0.1) is 5.69 Å². The first-order chi connectivity index (χ1) is 15.9. The number of anilines is 1. The molecule has 8 nitrogen and oxygen atoms in total. The van der Waals surface area contributed by atoms with Crippen LogP contribution in [-0.2, 0) is 21.2 Å². The number of benzene rings is 2. The monoisotopic (exact) mass is 472 g/mol. The Morgan fingerprint density at radius 3 is 2.55 bits per heavy atom. The molecule has 10 heteroatoms. The third-order valence-electron chi connectivity index (χ3n) is 5.46. The van der Waals surface area contributed by atoms with Crippen molar-refractivity contribution in [2.24, 2.45) is 0 Å². The minimum absolute atomic E-state index is 0.112. The standard InChI is InChI=1S/C23H25FN4O4S/c24-18-13-11-17(12-14-18)23-26-22(32-27-23)10-6-9-21(29)25-19-7-2-3-8-20(19)33(30,31)28-15-4-1-5-16-28/h2-3,7-8,11-14H,1,4-6,9-10,15-16H2,(H,25,29). The topological polar surface area (TPSA) is 105 Å². The number of para-hydroxylation sites is 1. The van der Waals surface area contributed by atoms with Gasteiger partial charge in [0.1, 0.15) is 10.7 Å². The van der Waals surface area contributed by atoms with Gasteiger partial charge < -0.3 is 9.84 Å². The zero-order valence-electron chi connectivity index (χ0n) is 18.0. The van der Waals surface area contributed by atoms with Gasteiger partial charge in [-0.2, -0.15) is 9.29 Å². The first-order valence-corrected chi connectivity index (χ1v) is 12.3. The van der Waals surface area contributed by atoms with Crippen LogP contribution < -0.4 is 5.32 Å². The van der Waals surface area contributed by atoms with Gasteiger partial charge in [0.25, 0.3) is 0 Å². The van der Waals surface area contributed by atoms with Crippen LogP contribution in [0, 0.1) is 5.82 Å². The van der Waals surface area contributed by atoms with Gasteiger partial charge in [0, 0.05) is 31.5 Å². The number of sulfonamides is 1. The summed E-state index contributed by atoms with van der Waals surface area (Å²) >= 11 is 0. The van der Waals surface area contributed by atoms with Crippen molar-refractivity contribution in [3.8, 4) is 11.4 Å². The van der Waals surface area contributed by atoms with Crippen molar-refractivity contribution in [2.75, 3.05) is 18.4 Å². The first kappa shape index (κ1) is 23.1. The number of amides is 1. The molecule has 2 heterocycles. The summed E-state index contributed by atoms with van der Waals surface area (Å²) in [7, 11) is -3.67. The number of carbonyl (C=O) groups excluding carboxylic acids is 1. The third kappa shape index (κ3) is 5.63. The van der Waals surface area contributed by atoms with Crippen LogP contribution in [0.25, 0.3) is 11.4 Å². The summed E-state index contributed by atoms with van der Waals surface area (Å²) in [4.78, 5) is 16.9. The van der Waals surface area contributed by atoms with Gasteiger partial charge in [-0.3, -0.25) is 4.79 Å². The smallest absolute Gasteiger partial charge is 0.245 e. The Labute approximate surface area is 191 Å². The Morgan fingerprint density at radius 1 is 1.06 bits per heavy atom. The maximum Gasteiger partial charge on any atom is 0.245 e. The molecule has 1 N–H and O–H groups in total. The van der Waals surface area contributed by atoms with Crippen LogP contribution in [0.15, 0.2) is 57.9 Å². The molecule has 3 aromatic rings. The molecule has 1 aromatic heterocycles. The lowest BCUT2D eigenvalue weighted by molar-refractivity contribution is -0.116. The maximum absolute atomic E-state index is 13.1. The number of nitrogens with one attached hydrogen (secondary N) is 1. The normalized spacial score (nSPS) is 14.8. The molecule has 174 valence electrons. The van der Waals surface area contributed by atoms with Crippen LogP contribution in [0.5, 0.6) is 0 Å². The number of aromatic nitrogens is 2. The highest BCUT2D eigenvalue weighted by atomic mass is 32.2. The molecule has 2 aromatic carbocycles. The van der Waals surface area contributed by atoms with Gasteiger partial charge in [-0.1, -0.05) is 23.7 Å². The van der Waals surface area contributed by atoms with Crippen molar-refractivity contribution in [3.05, 3.63) is 60.2 Å². The van der Waals surface area contributed by atoms with E-state index < -0.39 is 10.0 Å². The number of rotatable bonds is 8. The van der Waals surface area contributed by atoms with E-state index in [9.17, 15) is 17.6 Å². The number of piperidine rings is 1. The van der Waals surface area contributed by atoms with Crippen molar-refractivity contribution in [1.82, 2.24) is 14.4 Å². The molecule has 1 aliphatic rings. The van der Waals surface area contributed by atoms with E-state index in [1.807, 2.05) is 0 Å². The van der Waals surface area contributed by atoms with Gasteiger partial charge in [0.15, 0.2) is 0 Å².